The summed E-state index contributed by atoms with van der Waals surface area (Å²) in [4.78, 5) is 35.0. The second kappa shape index (κ2) is 8.67. The van der Waals surface area contributed by atoms with Gasteiger partial charge < -0.3 is 15.4 Å². The van der Waals surface area contributed by atoms with Crippen molar-refractivity contribution in [2.45, 2.75) is 32.7 Å². The summed E-state index contributed by atoms with van der Waals surface area (Å²) in [5.74, 6) is -1.42. The van der Waals surface area contributed by atoms with Gasteiger partial charge in [0.05, 0.1) is 0 Å². The fourth-order valence-corrected chi connectivity index (χ4v) is 1.82. The maximum absolute atomic E-state index is 11.8. The van der Waals surface area contributed by atoms with E-state index in [1.54, 1.807) is 24.3 Å². The van der Waals surface area contributed by atoms with Crippen molar-refractivity contribution in [2.75, 3.05) is 13.2 Å². The average Bonchev–Trinajstić information content (AvgIpc) is 2.51. The third-order valence-corrected chi connectivity index (χ3v) is 3.75. The normalized spacial score (nSPS) is 10.8. The quantitative estimate of drug-likeness (QED) is 0.704. The van der Waals surface area contributed by atoms with Gasteiger partial charge in [-0.15, -0.1) is 0 Å². The Balaban J connectivity index is 2.33. The van der Waals surface area contributed by atoms with E-state index in [2.05, 4.69) is 26.6 Å². The van der Waals surface area contributed by atoms with Gasteiger partial charge >= 0.3 is 5.97 Å². The predicted molar refractivity (Wildman–Crippen MR) is 89.9 cm³/mol. The number of esters is 1. The first-order chi connectivity index (χ1) is 10.7. The van der Waals surface area contributed by atoms with E-state index in [1.807, 2.05) is 20.8 Å². The largest absolute Gasteiger partial charge is 0.454 e. The SMILES string of the molecule is CCC(C)(C)NC(=O)COC(=O)CNC(=O)c1ccc(Br)cc1. The summed E-state index contributed by atoms with van der Waals surface area (Å²) in [6.45, 7) is 5.05. The molecule has 0 aliphatic carbocycles. The monoisotopic (exact) mass is 384 g/mol. The summed E-state index contributed by atoms with van der Waals surface area (Å²) in [7, 11) is 0. The highest BCUT2D eigenvalue weighted by Crippen LogP contribution is 2.10. The molecule has 2 N–H and O–H groups in total. The second-order valence-corrected chi connectivity index (χ2v) is 6.55. The summed E-state index contributed by atoms with van der Waals surface area (Å²) in [5, 5.41) is 5.19. The van der Waals surface area contributed by atoms with E-state index in [9.17, 15) is 14.4 Å². The number of carbonyl (C=O) groups excluding carboxylic acids is 3. The molecule has 0 spiro atoms. The minimum absolute atomic E-state index is 0.292. The molecule has 0 unspecified atom stereocenters. The maximum Gasteiger partial charge on any atom is 0.325 e. The van der Waals surface area contributed by atoms with Gasteiger partial charge in [0.15, 0.2) is 6.61 Å². The number of benzene rings is 1. The molecule has 6 nitrogen and oxygen atoms in total. The molecule has 0 heterocycles. The fraction of sp³-hybridized carbons (Fsp3) is 0.438. The van der Waals surface area contributed by atoms with Gasteiger partial charge in [0.2, 0.25) is 0 Å². The Morgan fingerprint density at radius 2 is 1.78 bits per heavy atom. The topological polar surface area (TPSA) is 84.5 Å². The second-order valence-electron chi connectivity index (χ2n) is 5.64. The van der Waals surface area contributed by atoms with Crippen molar-refractivity contribution in [3.05, 3.63) is 34.3 Å². The molecule has 0 aromatic heterocycles. The zero-order valence-electron chi connectivity index (χ0n) is 13.4. The van der Waals surface area contributed by atoms with E-state index >= 15 is 0 Å². The molecule has 23 heavy (non-hydrogen) atoms. The lowest BCUT2D eigenvalue weighted by molar-refractivity contribution is -0.148. The molecule has 1 aromatic rings. The number of hydrogen-bond acceptors (Lipinski definition) is 4. The fourth-order valence-electron chi connectivity index (χ4n) is 1.55. The molecule has 0 fully saturated rings. The molecule has 0 aliphatic heterocycles. The van der Waals surface area contributed by atoms with Crippen LogP contribution >= 0.6 is 15.9 Å². The Morgan fingerprint density at radius 1 is 1.17 bits per heavy atom. The van der Waals surface area contributed by atoms with Crippen molar-refractivity contribution in [2.24, 2.45) is 0 Å². The van der Waals surface area contributed by atoms with Crippen LogP contribution < -0.4 is 10.6 Å². The van der Waals surface area contributed by atoms with Crippen LogP contribution in [0.25, 0.3) is 0 Å². The molecule has 126 valence electrons. The molecule has 0 bridgehead atoms. The highest BCUT2D eigenvalue weighted by molar-refractivity contribution is 9.10. The smallest absolute Gasteiger partial charge is 0.325 e. The van der Waals surface area contributed by atoms with Crippen LogP contribution in [0.2, 0.25) is 0 Å². The van der Waals surface area contributed by atoms with Gasteiger partial charge in [-0.3, -0.25) is 14.4 Å². The third-order valence-electron chi connectivity index (χ3n) is 3.23. The van der Waals surface area contributed by atoms with Crippen molar-refractivity contribution < 1.29 is 19.1 Å². The van der Waals surface area contributed by atoms with Crippen molar-refractivity contribution in [1.82, 2.24) is 10.6 Å². The number of rotatable bonds is 7. The maximum atomic E-state index is 11.8. The number of nitrogens with one attached hydrogen (secondary N) is 2. The Labute approximate surface area is 144 Å². The minimum Gasteiger partial charge on any atom is -0.454 e. The Kier molecular flexibility index (Phi) is 7.22. The van der Waals surface area contributed by atoms with Crippen LogP contribution in [-0.2, 0) is 14.3 Å². The van der Waals surface area contributed by atoms with E-state index in [-0.39, 0.29) is 30.5 Å². The minimum atomic E-state index is -0.667. The van der Waals surface area contributed by atoms with Crippen LogP contribution in [0.1, 0.15) is 37.6 Å². The molecule has 1 rings (SSSR count). The number of carbonyl (C=O) groups is 3. The highest BCUT2D eigenvalue weighted by Gasteiger charge is 2.18. The van der Waals surface area contributed by atoms with E-state index in [4.69, 9.17) is 4.74 Å². The molecule has 1 aromatic carbocycles. The lowest BCUT2D eigenvalue weighted by Gasteiger charge is -2.24. The lowest BCUT2D eigenvalue weighted by Crippen LogP contribution is -2.45. The van der Waals surface area contributed by atoms with Crippen LogP contribution in [0.15, 0.2) is 28.7 Å². The van der Waals surface area contributed by atoms with Crippen molar-refractivity contribution in [1.29, 1.82) is 0 Å². The number of halogens is 1. The molecule has 0 saturated heterocycles. The van der Waals surface area contributed by atoms with Gasteiger partial charge in [0.1, 0.15) is 6.54 Å². The van der Waals surface area contributed by atoms with Crippen LogP contribution in [0.5, 0.6) is 0 Å². The van der Waals surface area contributed by atoms with Gasteiger partial charge in [-0.1, -0.05) is 22.9 Å². The number of ether oxygens (including phenoxy) is 1. The molecule has 0 atom stereocenters. The highest BCUT2D eigenvalue weighted by atomic mass is 79.9. The first kappa shape index (κ1) is 19.2. The standard InChI is InChI=1S/C16H21BrN2O4/c1-4-16(2,3)19-13(20)10-23-14(21)9-18-15(22)11-5-7-12(17)8-6-11/h5-8H,4,9-10H2,1-3H3,(H,18,22)(H,19,20). The summed E-state index contributed by atoms with van der Waals surface area (Å²) in [6, 6.07) is 6.72. The van der Waals surface area contributed by atoms with E-state index in [1.165, 1.54) is 0 Å². The zero-order valence-corrected chi connectivity index (χ0v) is 15.0. The van der Waals surface area contributed by atoms with Crippen molar-refractivity contribution >= 4 is 33.7 Å². The predicted octanol–water partition coefficient (Wildman–Crippen LogP) is 2.03. The first-order valence-corrected chi connectivity index (χ1v) is 8.03. The van der Waals surface area contributed by atoms with E-state index in [0.29, 0.717) is 5.56 Å². The Bertz CT molecular complexity index is 570. The summed E-state index contributed by atoms with van der Waals surface area (Å²) >= 11 is 3.27. The van der Waals surface area contributed by atoms with Crippen LogP contribution in [0.3, 0.4) is 0 Å². The van der Waals surface area contributed by atoms with Crippen molar-refractivity contribution in [3.63, 3.8) is 0 Å². The molecule has 7 heteroatoms. The Morgan fingerprint density at radius 3 is 2.35 bits per heavy atom. The van der Waals surface area contributed by atoms with E-state index < -0.39 is 5.97 Å². The van der Waals surface area contributed by atoms with Crippen LogP contribution in [0.4, 0.5) is 0 Å². The summed E-state index contributed by atoms with van der Waals surface area (Å²) < 4.78 is 5.68. The van der Waals surface area contributed by atoms with Gasteiger partial charge in [-0.05, 0) is 44.5 Å². The molecule has 0 radical (unpaired) electrons. The van der Waals surface area contributed by atoms with Gasteiger partial charge in [-0.25, -0.2) is 0 Å². The van der Waals surface area contributed by atoms with Crippen molar-refractivity contribution in [3.8, 4) is 0 Å². The molecular formula is C16H21BrN2O4. The molecule has 0 aliphatic rings. The molecular weight excluding hydrogens is 364 g/mol. The first-order valence-electron chi connectivity index (χ1n) is 7.24. The summed E-state index contributed by atoms with van der Waals surface area (Å²) in [5.41, 5.74) is 0.0858. The zero-order chi connectivity index (χ0) is 17.5. The van der Waals surface area contributed by atoms with Gasteiger partial charge in [0.25, 0.3) is 11.8 Å². The Hall–Kier alpha value is -1.89. The summed E-state index contributed by atoms with van der Waals surface area (Å²) in [6.07, 6.45) is 0.760. The molecule has 2 amide bonds. The lowest BCUT2D eigenvalue weighted by atomic mass is 10.0. The number of hydrogen-bond donors (Lipinski definition) is 2. The average molecular weight is 385 g/mol. The third kappa shape index (κ3) is 7.27. The van der Waals surface area contributed by atoms with Crippen LogP contribution in [0, 0.1) is 0 Å². The van der Waals surface area contributed by atoms with Crippen LogP contribution in [-0.4, -0.2) is 36.5 Å². The van der Waals surface area contributed by atoms with Gasteiger partial charge in [0, 0.05) is 15.6 Å². The van der Waals surface area contributed by atoms with Gasteiger partial charge in [-0.2, -0.15) is 0 Å². The molecule has 0 saturated carbocycles. The van der Waals surface area contributed by atoms with E-state index in [0.717, 1.165) is 10.9 Å². The number of amides is 2.